The second kappa shape index (κ2) is 6.39. The van der Waals surface area contributed by atoms with Crippen LogP contribution in [0.25, 0.3) is 0 Å². The van der Waals surface area contributed by atoms with Gasteiger partial charge in [0.05, 0.1) is 12.0 Å². The van der Waals surface area contributed by atoms with Gasteiger partial charge in [-0.05, 0) is 12.8 Å². The molecule has 22 heavy (non-hydrogen) atoms. The maximum Gasteiger partial charge on any atom is 0.349 e. The number of alkyl halides is 2. The lowest BCUT2D eigenvalue weighted by Crippen LogP contribution is -2.56. The largest absolute Gasteiger partial charge is 0.481 e. The molecule has 120 valence electrons. The first-order valence-corrected chi connectivity index (χ1v) is 6.91. The minimum Gasteiger partial charge on any atom is -0.481 e. The molecule has 0 unspecified atom stereocenters. The summed E-state index contributed by atoms with van der Waals surface area (Å²) in [6, 6.07) is 6.72. The summed E-state index contributed by atoms with van der Waals surface area (Å²) >= 11 is 0. The fourth-order valence-corrected chi connectivity index (χ4v) is 2.50. The first-order valence-electron chi connectivity index (χ1n) is 6.91. The number of hydrogen-bond donors (Lipinski definition) is 2. The Bertz CT molecular complexity index is 542. The Hall–Kier alpha value is -2.02. The van der Waals surface area contributed by atoms with Gasteiger partial charge < -0.3 is 15.2 Å². The van der Waals surface area contributed by atoms with Gasteiger partial charge in [0.15, 0.2) is 0 Å². The lowest BCUT2D eigenvalue weighted by molar-refractivity contribution is -0.152. The van der Waals surface area contributed by atoms with Gasteiger partial charge in [-0.15, -0.1) is 0 Å². The van der Waals surface area contributed by atoms with E-state index in [1.807, 2.05) is 0 Å². The molecule has 1 saturated heterocycles. The van der Waals surface area contributed by atoms with Crippen molar-refractivity contribution in [3.63, 3.8) is 0 Å². The first kappa shape index (κ1) is 16.4. The number of halogens is 2. The van der Waals surface area contributed by atoms with E-state index in [0.29, 0.717) is 0 Å². The number of hydrogen-bond acceptors (Lipinski definition) is 3. The van der Waals surface area contributed by atoms with Crippen LogP contribution in [0.15, 0.2) is 30.3 Å². The van der Waals surface area contributed by atoms with Crippen LogP contribution < -0.4 is 5.32 Å². The topological polar surface area (TPSA) is 75.6 Å². The Balaban J connectivity index is 2.18. The Labute approximate surface area is 126 Å². The monoisotopic (exact) mass is 313 g/mol. The standard InChI is InChI=1S/C15H17F2NO4/c16-15(17,11-4-2-1-3-5-11)13(21)18-14(10-12(19)20)6-8-22-9-7-14/h1-5H,6-10H2,(H,18,21)(H,19,20). The highest BCUT2D eigenvalue weighted by Gasteiger charge is 2.46. The SMILES string of the molecule is O=C(O)CC1(NC(=O)C(F)(F)c2ccccc2)CCOCC1. The summed E-state index contributed by atoms with van der Waals surface area (Å²) < 4.78 is 33.6. The highest BCUT2D eigenvalue weighted by atomic mass is 19.3. The fraction of sp³-hybridized carbons (Fsp3) is 0.467. The quantitative estimate of drug-likeness (QED) is 0.871. The third kappa shape index (κ3) is 3.59. The molecule has 2 N–H and O–H groups in total. The molecule has 0 radical (unpaired) electrons. The van der Waals surface area contributed by atoms with E-state index in [4.69, 9.17) is 9.84 Å². The van der Waals surface area contributed by atoms with Gasteiger partial charge in [-0.2, -0.15) is 8.78 Å². The van der Waals surface area contributed by atoms with Crippen LogP contribution in [0.4, 0.5) is 8.78 Å². The van der Waals surface area contributed by atoms with Crippen LogP contribution in [-0.4, -0.2) is 35.7 Å². The van der Waals surface area contributed by atoms with Crippen LogP contribution >= 0.6 is 0 Å². The predicted octanol–water partition coefficient (Wildman–Crippen LogP) is 1.92. The average Bonchev–Trinajstić information content (AvgIpc) is 2.48. The molecule has 0 spiro atoms. The van der Waals surface area contributed by atoms with E-state index in [9.17, 15) is 18.4 Å². The van der Waals surface area contributed by atoms with Gasteiger partial charge in [-0.3, -0.25) is 9.59 Å². The number of carboxylic acid groups (broad SMARTS) is 1. The van der Waals surface area contributed by atoms with E-state index < -0.39 is 35.3 Å². The van der Waals surface area contributed by atoms with Crippen molar-refractivity contribution < 1.29 is 28.2 Å². The summed E-state index contributed by atoms with van der Waals surface area (Å²) in [4.78, 5) is 23.0. The molecule has 1 amide bonds. The molecule has 1 aliphatic rings. The van der Waals surface area contributed by atoms with E-state index in [0.717, 1.165) is 12.1 Å². The third-order valence-corrected chi connectivity index (χ3v) is 3.74. The lowest BCUT2D eigenvalue weighted by Gasteiger charge is -2.37. The number of ether oxygens (including phenoxy) is 1. The molecule has 1 aliphatic heterocycles. The van der Waals surface area contributed by atoms with Crippen molar-refractivity contribution in [1.29, 1.82) is 0 Å². The number of aliphatic carboxylic acids is 1. The second-order valence-corrected chi connectivity index (χ2v) is 5.36. The van der Waals surface area contributed by atoms with Gasteiger partial charge in [0.2, 0.25) is 0 Å². The van der Waals surface area contributed by atoms with E-state index in [1.165, 1.54) is 12.1 Å². The van der Waals surface area contributed by atoms with Gasteiger partial charge in [-0.1, -0.05) is 30.3 Å². The maximum atomic E-state index is 14.2. The molecule has 1 heterocycles. The Kier molecular flexibility index (Phi) is 4.75. The molecular weight excluding hydrogens is 296 g/mol. The van der Waals surface area contributed by atoms with Crippen molar-refractivity contribution in [2.75, 3.05) is 13.2 Å². The highest BCUT2D eigenvalue weighted by molar-refractivity contribution is 5.86. The highest BCUT2D eigenvalue weighted by Crippen LogP contribution is 2.31. The third-order valence-electron chi connectivity index (χ3n) is 3.74. The molecule has 1 aromatic carbocycles. The summed E-state index contributed by atoms with van der Waals surface area (Å²) in [7, 11) is 0. The number of nitrogens with one attached hydrogen (secondary N) is 1. The smallest absolute Gasteiger partial charge is 0.349 e. The first-order chi connectivity index (χ1) is 10.4. The molecule has 0 saturated carbocycles. The molecular formula is C15H17F2NO4. The second-order valence-electron chi connectivity index (χ2n) is 5.36. The van der Waals surface area contributed by atoms with Crippen molar-refractivity contribution in [2.24, 2.45) is 0 Å². The van der Waals surface area contributed by atoms with Crippen LogP contribution in [-0.2, 0) is 20.2 Å². The van der Waals surface area contributed by atoms with Crippen molar-refractivity contribution in [3.8, 4) is 0 Å². The molecule has 5 nitrogen and oxygen atoms in total. The zero-order valence-electron chi connectivity index (χ0n) is 11.9. The number of carbonyl (C=O) groups is 2. The number of carbonyl (C=O) groups excluding carboxylic acids is 1. The van der Waals surface area contributed by atoms with Crippen LogP contribution in [0.5, 0.6) is 0 Å². The Morgan fingerprint density at radius 1 is 1.23 bits per heavy atom. The van der Waals surface area contributed by atoms with Gasteiger partial charge in [0.1, 0.15) is 0 Å². The van der Waals surface area contributed by atoms with Crippen LogP contribution in [0.3, 0.4) is 0 Å². The summed E-state index contributed by atoms with van der Waals surface area (Å²) in [5.41, 5.74) is -1.62. The molecule has 2 rings (SSSR count). The number of amides is 1. The molecule has 0 bridgehead atoms. The molecule has 1 fully saturated rings. The fourth-order valence-electron chi connectivity index (χ4n) is 2.50. The summed E-state index contributed by atoms with van der Waals surface area (Å²) in [5.74, 6) is -6.35. The average molecular weight is 313 g/mol. The van der Waals surface area contributed by atoms with Crippen LogP contribution in [0, 0.1) is 0 Å². The van der Waals surface area contributed by atoms with Crippen molar-refractivity contribution in [2.45, 2.75) is 30.7 Å². The summed E-state index contributed by atoms with van der Waals surface area (Å²) in [5, 5.41) is 11.2. The zero-order valence-corrected chi connectivity index (χ0v) is 11.9. The molecule has 0 aliphatic carbocycles. The van der Waals surface area contributed by atoms with Gasteiger partial charge >= 0.3 is 11.9 Å². The van der Waals surface area contributed by atoms with Crippen molar-refractivity contribution in [1.82, 2.24) is 5.32 Å². The molecule has 0 aromatic heterocycles. The number of benzene rings is 1. The van der Waals surface area contributed by atoms with Crippen LogP contribution in [0.1, 0.15) is 24.8 Å². The Morgan fingerprint density at radius 3 is 2.36 bits per heavy atom. The van der Waals surface area contributed by atoms with Crippen molar-refractivity contribution in [3.05, 3.63) is 35.9 Å². The zero-order chi connectivity index (χ0) is 16.2. The van der Waals surface area contributed by atoms with Gasteiger partial charge in [0.25, 0.3) is 5.91 Å². The number of rotatable bonds is 5. The van der Waals surface area contributed by atoms with Gasteiger partial charge in [0, 0.05) is 18.8 Å². The summed E-state index contributed by atoms with van der Waals surface area (Å²) in [6.07, 6.45) is -0.0290. The van der Waals surface area contributed by atoms with E-state index in [-0.39, 0.29) is 26.1 Å². The van der Waals surface area contributed by atoms with Crippen LogP contribution in [0.2, 0.25) is 0 Å². The van der Waals surface area contributed by atoms with E-state index in [1.54, 1.807) is 6.07 Å². The van der Waals surface area contributed by atoms with E-state index in [2.05, 4.69) is 5.32 Å². The van der Waals surface area contributed by atoms with E-state index >= 15 is 0 Å². The minimum atomic E-state index is -3.72. The molecule has 0 atom stereocenters. The van der Waals surface area contributed by atoms with Crippen molar-refractivity contribution >= 4 is 11.9 Å². The molecule has 1 aromatic rings. The number of carboxylic acids is 1. The molecule has 7 heteroatoms. The normalized spacial score (nSPS) is 17.7. The maximum absolute atomic E-state index is 14.2. The van der Waals surface area contributed by atoms with Gasteiger partial charge in [-0.25, -0.2) is 0 Å². The Morgan fingerprint density at radius 2 is 1.82 bits per heavy atom. The lowest BCUT2D eigenvalue weighted by atomic mass is 9.86. The minimum absolute atomic E-state index is 0.190. The predicted molar refractivity (Wildman–Crippen MR) is 73.5 cm³/mol. The summed E-state index contributed by atoms with van der Waals surface area (Å²) in [6.45, 7) is 0.453.